The van der Waals surface area contributed by atoms with Crippen LogP contribution >= 0.6 is 50.1 Å². The van der Waals surface area contributed by atoms with E-state index in [2.05, 4.69) is 43.5 Å². The summed E-state index contributed by atoms with van der Waals surface area (Å²) in [5.74, 6) is 0.822. The van der Waals surface area contributed by atoms with Crippen molar-refractivity contribution in [1.29, 1.82) is 0 Å². The zero-order valence-corrected chi connectivity index (χ0v) is 21.3. The van der Waals surface area contributed by atoms with Gasteiger partial charge in [0.25, 0.3) is 0 Å². The van der Waals surface area contributed by atoms with Gasteiger partial charge in [0.05, 0.1) is 21.3 Å². The lowest BCUT2D eigenvalue weighted by Crippen LogP contribution is -2.05. The molecule has 0 aromatic heterocycles. The molecule has 0 saturated carbocycles. The number of carbonyl (C=O) groups is 1. The Morgan fingerprint density at radius 1 is 1.16 bits per heavy atom. The fourth-order valence-corrected chi connectivity index (χ4v) is 4.44. The first-order chi connectivity index (χ1) is 15.5. The van der Waals surface area contributed by atoms with Crippen molar-refractivity contribution in [2.45, 2.75) is 6.61 Å². The van der Waals surface area contributed by atoms with Gasteiger partial charge in [-0.2, -0.15) is 0 Å². The van der Waals surface area contributed by atoms with E-state index in [0.717, 1.165) is 19.2 Å². The van der Waals surface area contributed by atoms with Crippen molar-refractivity contribution in [3.05, 3.63) is 96.1 Å². The van der Waals surface area contributed by atoms with E-state index in [0.29, 0.717) is 28.7 Å². The first-order valence-corrected chi connectivity index (χ1v) is 11.7. The van der Waals surface area contributed by atoms with Gasteiger partial charge in [-0.1, -0.05) is 57.9 Å². The minimum Gasteiger partial charge on any atom is -0.493 e. The minimum absolute atomic E-state index is 0.180. The highest BCUT2D eigenvalue weighted by molar-refractivity contribution is 14.1. The summed E-state index contributed by atoms with van der Waals surface area (Å²) in [7, 11) is 1.57. The largest absolute Gasteiger partial charge is 0.493 e. The number of hydrogen-bond donors (Lipinski definition) is 0. The molecular formula is C24H16BrClINO4. The third kappa shape index (κ3) is 5.00. The normalized spacial score (nSPS) is 14.3. The van der Waals surface area contributed by atoms with E-state index in [4.69, 9.17) is 25.8 Å². The van der Waals surface area contributed by atoms with Gasteiger partial charge in [-0.25, -0.2) is 9.79 Å². The van der Waals surface area contributed by atoms with E-state index in [-0.39, 0.29) is 11.6 Å². The number of methoxy groups -OCH3 is 1. The van der Waals surface area contributed by atoms with Gasteiger partial charge >= 0.3 is 5.97 Å². The molecule has 4 rings (SSSR count). The Labute approximate surface area is 212 Å². The number of ether oxygens (including phenoxy) is 3. The van der Waals surface area contributed by atoms with Gasteiger partial charge in [-0.05, 0) is 64.6 Å². The lowest BCUT2D eigenvalue weighted by atomic mass is 10.1. The first-order valence-electron chi connectivity index (χ1n) is 9.47. The number of esters is 1. The fraction of sp³-hybridized carbons (Fsp3) is 0.0833. The average molecular weight is 625 g/mol. The van der Waals surface area contributed by atoms with Gasteiger partial charge in [-0.15, -0.1) is 0 Å². The van der Waals surface area contributed by atoms with Crippen LogP contribution in [-0.2, 0) is 16.1 Å². The molecule has 0 aliphatic carbocycles. The topological polar surface area (TPSA) is 57.1 Å². The number of halogens is 3. The monoisotopic (exact) mass is 623 g/mol. The highest BCUT2D eigenvalue weighted by atomic mass is 127. The van der Waals surface area contributed by atoms with Gasteiger partial charge in [0.15, 0.2) is 17.2 Å². The van der Waals surface area contributed by atoms with E-state index in [1.807, 2.05) is 30.3 Å². The second-order valence-electron chi connectivity index (χ2n) is 6.73. The SMILES string of the molecule is COc1cc(/C=C2\N=C(c3ccccc3Cl)OC2=O)cc(I)c1OCc1ccccc1Br. The Hall–Kier alpha value is -2.36. The van der Waals surface area contributed by atoms with Crippen molar-refractivity contribution >= 4 is 68.1 Å². The molecule has 3 aromatic carbocycles. The summed E-state index contributed by atoms with van der Waals surface area (Å²) >= 11 is 11.9. The highest BCUT2D eigenvalue weighted by Gasteiger charge is 2.25. The molecule has 0 radical (unpaired) electrons. The third-order valence-electron chi connectivity index (χ3n) is 4.61. The summed E-state index contributed by atoms with van der Waals surface area (Å²) in [6.07, 6.45) is 1.65. The Morgan fingerprint density at radius 2 is 1.91 bits per heavy atom. The van der Waals surface area contributed by atoms with E-state index in [1.165, 1.54) is 0 Å². The lowest BCUT2D eigenvalue weighted by Gasteiger charge is -2.14. The fourth-order valence-electron chi connectivity index (χ4n) is 3.05. The number of hydrogen-bond acceptors (Lipinski definition) is 5. The minimum atomic E-state index is -0.539. The summed E-state index contributed by atoms with van der Waals surface area (Å²) in [5, 5.41) is 0.461. The standard InChI is InChI=1S/C24H16BrClINO4/c1-30-21-12-14(10-19(27)22(21)31-13-15-6-2-4-8-17(15)25)11-20-24(29)32-23(28-20)16-7-3-5-9-18(16)26/h2-12H,13H2,1H3/b20-11-. The van der Waals surface area contributed by atoms with Crippen LogP contribution in [0, 0.1) is 3.57 Å². The van der Waals surface area contributed by atoms with Crippen molar-refractivity contribution in [2.75, 3.05) is 7.11 Å². The molecule has 0 bridgehead atoms. The van der Waals surface area contributed by atoms with Crippen molar-refractivity contribution in [3.63, 3.8) is 0 Å². The zero-order chi connectivity index (χ0) is 22.7. The summed E-state index contributed by atoms with van der Waals surface area (Å²) < 4.78 is 18.7. The number of cyclic esters (lactones) is 1. The Morgan fingerprint density at radius 3 is 2.66 bits per heavy atom. The molecule has 0 saturated heterocycles. The van der Waals surface area contributed by atoms with Crippen molar-refractivity contribution in [2.24, 2.45) is 4.99 Å². The van der Waals surface area contributed by atoms with Crippen molar-refractivity contribution in [1.82, 2.24) is 0 Å². The van der Waals surface area contributed by atoms with Crippen LogP contribution in [0.1, 0.15) is 16.7 Å². The molecule has 0 amide bonds. The predicted molar refractivity (Wildman–Crippen MR) is 136 cm³/mol. The Balaban J connectivity index is 1.61. The molecule has 1 aliphatic heterocycles. The molecule has 0 fully saturated rings. The van der Waals surface area contributed by atoms with Crippen LogP contribution < -0.4 is 9.47 Å². The summed E-state index contributed by atoms with van der Waals surface area (Å²) in [5.41, 5.74) is 2.50. The van der Waals surface area contributed by atoms with Gasteiger partial charge in [0.2, 0.25) is 5.90 Å². The van der Waals surface area contributed by atoms with Crippen LogP contribution in [0.3, 0.4) is 0 Å². The molecule has 8 heteroatoms. The van der Waals surface area contributed by atoms with E-state index >= 15 is 0 Å². The van der Waals surface area contributed by atoms with Gasteiger partial charge in [-0.3, -0.25) is 0 Å². The maximum absolute atomic E-state index is 12.4. The third-order valence-corrected chi connectivity index (χ3v) is 6.51. The van der Waals surface area contributed by atoms with Gasteiger partial charge < -0.3 is 14.2 Å². The van der Waals surface area contributed by atoms with Crippen LogP contribution in [0.5, 0.6) is 11.5 Å². The van der Waals surface area contributed by atoms with Crippen molar-refractivity contribution in [3.8, 4) is 11.5 Å². The highest BCUT2D eigenvalue weighted by Crippen LogP contribution is 2.36. The quantitative estimate of drug-likeness (QED) is 0.175. The molecular weight excluding hydrogens is 609 g/mol. The number of nitrogens with zero attached hydrogens (tertiary/aromatic N) is 1. The second-order valence-corrected chi connectivity index (χ2v) is 9.15. The molecule has 32 heavy (non-hydrogen) atoms. The van der Waals surface area contributed by atoms with Crippen LogP contribution in [0.4, 0.5) is 0 Å². The zero-order valence-electron chi connectivity index (χ0n) is 16.8. The lowest BCUT2D eigenvalue weighted by molar-refractivity contribution is -0.129. The molecule has 0 unspecified atom stereocenters. The summed E-state index contributed by atoms with van der Waals surface area (Å²) in [6.45, 7) is 0.381. The molecule has 1 aliphatic rings. The van der Waals surface area contributed by atoms with Crippen LogP contribution in [0.2, 0.25) is 5.02 Å². The molecule has 0 spiro atoms. The van der Waals surface area contributed by atoms with Gasteiger partial charge in [0, 0.05) is 10.0 Å². The number of rotatable bonds is 6. The molecule has 3 aromatic rings. The average Bonchev–Trinajstić information content (AvgIpc) is 3.14. The molecule has 162 valence electrons. The molecule has 0 atom stereocenters. The molecule has 1 heterocycles. The maximum atomic E-state index is 12.4. The summed E-state index contributed by atoms with van der Waals surface area (Å²) in [6, 6.07) is 18.6. The first kappa shape index (κ1) is 22.8. The Kier molecular flexibility index (Phi) is 7.17. The van der Waals surface area contributed by atoms with Crippen LogP contribution in [0.15, 0.2) is 75.8 Å². The maximum Gasteiger partial charge on any atom is 0.363 e. The van der Waals surface area contributed by atoms with E-state index in [9.17, 15) is 4.79 Å². The van der Waals surface area contributed by atoms with Crippen molar-refractivity contribution < 1.29 is 19.0 Å². The number of benzene rings is 3. The predicted octanol–water partition coefficient (Wildman–Crippen LogP) is 6.64. The number of carbonyl (C=O) groups excluding carboxylic acids is 1. The Bertz CT molecular complexity index is 1260. The van der Waals surface area contributed by atoms with E-state index in [1.54, 1.807) is 43.5 Å². The number of aliphatic imine (C=N–C) groups is 1. The van der Waals surface area contributed by atoms with Gasteiger partial charge in [0.1, 0.15) is 6.61 Å². The molecule has 0 N–H and O–H groups in total. The summed E-state index contributed by atoms with van der Waals surface area (Å²) in [4.78, 5) is 16.7. The van der Waals surface area contributed by atoms with E-state index < -0.39 is 5.97 Å². The second kappa shape index (κ2) is 10.1. The smallest absolute Gasteiger partial charge is 0.363 e. The van der Waals surface area contributed by atoms with Crippen LogP contribution in [0.25, 0.3) is 6.08 Å². The van der Waals surface area contributed by atoms with Crippen LogP contribution in [-0.4, -0.2) is 19.0 Å². The molecule has 5 nitrogen and oxygen atoms in total.